The second-order valence-corrected chi connectivity index (χ2v) is 6.86. The van der Waals surface area contributed by atoms with Gasteiger partial charge in [0.1, 0.15) is 5.69 Å². The summed E-state index contributed by atoms with van der Waals surface area (Å²) in [6, 6.07) is 12.2. The average Bonchev–Trinajstić information content (AvgIpc) is 3.07. The molecule has 1 N–H and O–H groups in total. The predicted octanol–water partition coefficient (Wildman–Crippen LogP) is 4.52. The van der Waals surface area contributed by atoms with Gasteiger partial charge in [-0.15, -0.1) is 11.3 Å². The molecule has 0 radical (unpaired) electrons. The zero-order valence-corrected chi connectivity index (χ0v) is 14.2. The number of fused-ring (bicyclic) bond motifs is 1. The third kappa shape index (κ3) is 3.37. The molecule has 0 aliphatic rings. The average molecular weight is 324 g/mol. The highest BCUT2D eigenvalue weighted by Gasteiger charge is 2.16. The minimum absolute atomic E-state index is 0.0452. The van der Waals surface area contributed by atoms with Crippen LogP contribution in [-0.4, -0.2) is 10.5 Å². The van der Waals surface area contributed by atoms with Crippen molar-refractivity contribution in [1.82, 2.24) is 9.88 Å². The van der Waals surface area contributed by atoms with Crippen LogP contribution in [0.2, 0.25) is 0 Å². The number of hydrogen-bond acceptors (Lipinski definition) is 2. The summed E-state index contributed by atoms with van der Waals surface area (Å²) in [6.07, 6.45) is 0. The van der Waals surface area contributed by atoms with Crippen molar-refractivity contribution >= 4 is 27.5 Å². The first-order valence-corrected chi connectivity index (χ1v) is 8.47. The quantitative estimate of drug-likeness (QED) is 0.688. The summed E-state index contributed by atoms with van der Waals surface area (Å²) < 4.78 is 3.17. The monoisotopic (exact) mass is 324 g/mol. The van der Waals surface area contributed by atoms with E-state index in [4.69, 9.17) is 0 Å². The van der Waals surface area contributed by atoms with Crippen LogP contribution in [-0.2, 0) is 13.1 Å². The Labute approximate surface area is 140 Å². The summed E-state index contributed by atoms with van der Waals surface area (Å²) in [4.78, 5) is 12.6. The van der Waals surface area contributed by atoms with Gasteiger partial charge in [-0.3, -0.25) is 4.79 Å². The number of rotatable bonds is 5. The van der Waals surface area contributed by atoms with Gasteiger partial charge in [-0.1, -0.05) is 42.0 Å². The highest BCUT2D eigenvalue weighted by molar-refractivity contribution is 7.17. The zero-order valence-electron chi connectivity index (χ0n) is 13.4. The SMILES string of the molecule is C=C(C)Cn1c(C(=O)NCc2cccc(C)c2)cc2sccc21. The Morgan fingerprint density at radius 2 is 2.13 bits per heavy atom. The number of aryl methyl sites for hydroxylation is 1. The van der Waals surface area contributed by atoms with Crippen LogP contribution in [0, 0.1) is 6.92 Å². The number of allylic oxidation sites excluding steroid dienone is 1. The summed E-state index contributed by atoms with van der Waals surface area (Å²) >= 11 is 1.65. The molecule has 0 aliphatic carbocycles. The molecule has 0 fully saturated rings. The fourth-order valence-corrected chi connectivity index (χ4v) is 3.52. The Hall–Kier alpha value is -2.33. The fraction of sp³-hybridized carbons (Fsp3) is 0.211. The van der Waals surface area contributed by atoms with Gasteiger partial charge in [0.05, 0.1) is 10.2 Å². The standard InChI is InChI=1S/C19H20N2OS/c1-13(2)12-21-16-7-8-23-18(16)10-17(21)19(22)20-11-15-6-4-5-14(3)9-15/h4-10H,1,11-12H2,2-3H3,(H,20,22). The zero-order chi connectivity index (χ0) is 16.4. The van der Waals surface area contributed by atoms with Gasteiger partial charge in [-0.2, -0.15) is 0 Å². The van der Waals surface area contributed by atoms with Gasteiger partial charge in [0.15, 0.2) is 0 Å². The van der Waals surface area contributed by atoms with Gasteiger partial charge in [0.25, 0.3) is 5.91 Å². The molecule has 118 valence electrons. The Balaban J connectivity index is 1.82. The van der Waals surface area contributed by atoms with Crippen molar-refractivity contribution < 1.29 is 4.79 Å². The smallest absolute Gasteiger partial charge is 0.268 e. The maximum absolute atomic E-state index is 12.6. The van der Waals surface area contributed by atoms with Crippen LogP contribution in [0.25, 0.3) is 10.2 Å². The van der Waals surface area contributed by atoms with Crippen molar-refractivity contribution in [2.45, 2.75) is 26.9 Å². The topological polar surface area (TPSA) is 34.0 Å². The molecule has 2 heterocycles. The molecule has 0 aliphatic heterocycles. The summed E-state index contributed by atoms with van der Waals surface area (Å²) in [5, 5.41) is 5.07. The summed E-state index contributed by atoms with van der Waals surface area (Å²) in [6.45, 7) is 9.20. The van der Waals surface area contributed by atoms with E-state index < -0.39 is 0 Å². The highest BCUT2D eigenvalue weighted by Crippen LogP contribution is 2.26. The highest BCUT2D eigenvalue weighted by atomic mass is 32.1. The summed E-state index contributed by atoms with van der Waals surface area (Å²) in [7, 11) is 0. The van der Waals surface area contributed by atoms with Crippen LogP contribution in [0.4, 0.5) is 0 Å². The Morgan fingerprint density at radius 3 is 2.87 bits per heavy atom. The van der Waals surface area contributed by atoms with E-state index in [-0.39, 0.29) is 5.91 Å². The van der Waals surface area contributed by atoms with Gasteiger partial charge < -0.3 is 9.88 Å². The Morgan fingerprint density at radius 1 is 1.30 bits per heavy atom. The molecular weight excluding hydrogens is 304 g/mol. The summed E-state index contributed by atoms with van der Waals surface area (Å²) in [5.74, 6) is -0.0452. The van der Waals surface area contributed by atoms with Crippen molar-refractivity contribution in [2.75, 3.05) is 0 Å². The molecule has 1 amide bonds. The van der Waals surface area contributed by atoms with Crippen LogP contribution in [0.3, 0.4) is 0 Å². The van der Waals surface area contributed by atoms with E-state index in [9.17, 15) is 4.79 Å². The first kappa shape index (κ1) is 15.6. The fourth-order valence-electron chi connectivity index (χ4n) is 2.70. The van der Waals surface area contributed by atoms with E-state index >= 15 is 0 Å². The first-order chi connectivity index (χ1) is 11.0. The lowest BCUT2D eigenvalue weighted by molar-refractivity contribution is 0.0942. The van der Waals surface area contributed by atoms with Gasteiger partial charge in [-0.05, 0) is 36.9 Å². The molecule has 0 atom stereocenters. The van der Waals surface area contributed by atoms with Crippen molar-refractivity contribution in [3.05, 3.63) is 70.8 Å². The van der Waals surface area contributed by atoms with Gasteiger partial charge >= 0.3 is 0 Å². The van der Waals surface area contributed by atoms with Crippen LogP contribution >= 0.6 is 11.3 Å². The van der Waals surface area contributed by atoms with Crippen molar-refractivity contribution in [1.29, 1.82) is 0 Å². The Kier molecular flexibility index (Phi) is 4.35. The molecular formula is C19H20N2OS. The molecule has 0 saturated carbocycles. The van der Waals surface area contributed by atoms with Crippen LogP contribution < -0.4 is 5.32 Å². The minimum Gasteiger partial charge on any atom is -0.347 e. The maximum Gasteiger partial charge on any atom is 0.268 e. The van der Waals surface area contributed by atoms with Crippen LogP contribution in [0.1, 0.15) is 28.5 Å². The molecule has 0 saturated heterocycles. The number of aromatic nitrogens is 1. The van der Waals surface area contributed by atoms with Crippen LogP contribution in [0.15, 0.2) is 53.9 Å². The number of carbonyl (C=O) groups is 1. The molecule has 0 unspecified atom stereocenters. The van der Waals surface area contributed by atoms with Crippen LogP contribution in [0.5, 0.6) is 0 Å². The maximum atomic E-state index is 12.6. The third-order valence-corrected chi connectivity index (χ3v) is 4.57. The molecule has 0 bridgehead atoms. The number of carbonyl (C=O) groups excluding carboxylic acids is 1. The first-order valence-electron chi connectivity index (χ1n) is 7.59. The normalized spacial score (nSPS) is 10.9. The second-order valence-electron chi connectivity index (χ2n) is 5.91. The van der Waals surface area contributed by atoms with Crippen molar-refractivity contribution in [3.8, 4) is 0 Å². The molecule has 1 aromatic carbocycles. The van der Waals surface area contributed by atoms with E-state index in [0.29, 0.717) is 18.8 Å². The minimum atomic E-state index is -0.0452. The molecule has 2 aromatic heterocycles. The van der Waals surface area contributed by atoms with Gasteiger partial charge in [0.2, 0.25) is 0 Å². The number of nitrogens with one attached hydrogen (secondary N) is 1. The van der Waals surface area contributed by atoms with Crippen molar-refractivity contribution in [2.24, 2.45) is 0 Å². The number of hydrogen-bond donors (Lipinski definition) is 1. The Bertz CT molecular complexity index is 873. The lowest BCUT2D eigenvalue weighted by atomic mass is 10.1. The predicted molar refractivity (Wildman–Crippen MR) is 97.0 cm³/mol. The molecule has 4 heteroatoms. The van der Waals surface area contributed by atoms with E-state index in [1.165, 1.54) is 5.56 Å². The number of nitrogens with zero attached hydrogens (tertiary/aromatic N) is 1. The third-order valence-electron chi connectivity index (χ3n) is 3.72. The number of amides is 1. The molecule has 3 rings (SSSR count). The largest absolute Gasteiger partial charge is 0.347 e. The van der Waals surface area contributed by atoms with Crippen molar-refractivity contribution in [3.63, 3.8) is 0 Å². The van der Waals surface area contributed by atoms with E-state index in [0.717, 1.165) is 21.4 Å². The molecule has 23 heavy (non-hydrogen) atoms. The molecule has 3 nitrogen and oxygen atoms in total. The summed E-state index contributed by atoms with van der Waals surface area (Å²) in [5.41, 5.74) is 5.13. The van der Waals surface area contributed by atoms with E-state index in [1.807, 2.05) is 35.1 Å². The van der Waals surface area contributed by atoms with Gasteiger partial charge in [-0.25, -0.2) is 0 Å². The molecule has 0 spiro atoms. The van der Waals surface area contributed by atoms with E-state index in [2.05, 4.69) is 37.0 Å². The van der Waals surface area contributed by atoms with Gasteiger partial charge in [0, 0.05) is 13.1 Å². The number of benzene rings is 1. The lowest BCUT2D eigenvalue weighted by Gasteiger charge is -2.11. The van der Waals surface area contributed by atoms with E-state index in [1.54, 1.807) is 11.3 Å². The second kappa shape index (κ2) is 6.42. The number of thiophene rings is 1. The lowest BCUT2D eigenvalue weighted by Crippen LogP contribution is -2.25. The molecule has 3 aromatic rings.